The summed E-state index contributed by atoms with van der Waals surface area (Å²) in [6.07, 6.45) is 0. The molecule has 62 valence electrons. The number of hydrogen-bond acceptors (Lipinski definition) is 5. The van der Waals surface area contributed by atoms with Crippen molar-refractivity contribution in [1.82, 2.24) is 0 Å². The fraction of sp³-hybridized carbons (Fsp3) is 0.667. The summed E-state index contributed by atoms with van der Waals surface area (Å²) in [6.45, 7) is -0.735. The first kappa shape index (κ1) is 12.4. The van der Waals surface area contributed by atoms with Crippen molar-refractivity contribution in [2.75, 3.05) is 12.4 Å². The fourth-order valence-corrected chi connectivity index (χ4v) is 0.659. The maximum absolute atomic E-state index is 10.2. The average Bonchev–Trinajstić information content (AvgIpc) is 1.64. The van der Waals surface area contributed by atoms with Crippen LogP contribution in [-0.2, 0) is 19.1 Å². The van der Waals surface area contributed by atoms with Gasteiger partial charge in [-0.2, -0.15) is 8.42 Å². The molecule has 1 N–H and O–H groups in total. The maximum atomic E-state index is 10.2. The van der Waals surface area contributed by atoms with Gasteiger partial charge in [0.2, 0.25) is 0 Å². The molecule has 0 aromatic heterocycles. The number of carbonyl (C=O) groups is 1. The van der Waals surface area contributed by atoms with Gasteiger partial charge in [-0.1, -0.05) is 0 Å². The van der Waals surface area contributed by atoms with Crippen molar-refractivity contribution in [3.8, 4) is 0 Å². The van der Waals surface area contributed by atoms with E-state index in [2.05, 4.69) is 4.18 Å². The van der Waals surface area contributed by atoms with Gasteiger partial charge in [0.1, 0.15) is 5.75 Å². The van der Waals surface area contributed by atoms with Gasteiger partial charge in [0.25, 0.3) is 0 Å². The first-order valence-electron chi connectivity index (χ1n) is 2.08. The van der Waals surface area contributed by atoms with Crippen LogP contribution in [0.15, 0.2) is 0 Å². The van der Waals surface area contributed by atoms with Gasteiger partial charge in [0.05, 0.1) is 6.61 Å². The van der Waals surface area contributed by atoms with Crippen molar-refractivity contribution < 1.29 is 22.5 Å². The Morgan fingerprint density at radius 1 is 1.50 bits per heavy atom. The van der Waals surface area contributed by atoms with Crippen LogP contribution in [0, 0.1) is 0 Å². The molecule has 0 bridgehead atoms. The quantitative estimate of drug-likeness (QED) is 0.450. The van der Waals surface area contributed by atoms with Gasteiger partial charge in [-0.15, -0.1) is 12.4 Å². The van der Waals surface area contributed by atoms with E-state index in [0.717, 1.165) is 0 Å². The molecule has 0 rings (SSSR count). The molecule has 0 heterocycles. The van der Waals surface area contributed by atoms with E-state index in [9.17, 15) is 13.2 Å². The topological polar surface area (TPSA) is 80.7 Å². The van der Waals surface area contributed by atoms with Crippen LogP contribution in [0.5, 0.6) is 0 Å². The summed E-state index contributed by atoms with van der Waals surface area (Å²) in [7, 11) is -3.80. The molecule has 0 unspecified atom stereocenters. The first-order chi connectivity index (χ1) is 4.12. The molecular weight excluding hydrogens is 184 g/mol. The molecular formula is C3H7ClO5S. The van der Waals surface area contributed by atoms with Crippen molar-refractivity contribution in [2.45, 2.75) is 0 Å². The van der Waals surface area contributed by atoms with Crippen molar-refractivity contribution in [1.29, 1.82) is 0 Å². The maximum Gasteiger partial charge on any atom is 0.313 e. The summed E-state index contributed by atoms with van der Waals surface area (Å²) in [5.41, 5.74) is 0. The second kappa shape index (κ2) is 5.45. The molecule has 0 radical (unpaired) electrons. The average molecular weight is 191 g/mol. The Bertz CT molecular complexity index is 173. The van der Waals surface area contributed by atoms with Gasteiger partial charge >= 0.3 is 16.6 Å². The number of aliphatic hydroxyl groups excluding tert-OH is 1. The molecule has 0 amide bonds. The third-order valence-corrected chi connectivity index (χ3v) is 1.58. The van der Waals surface area contributed by atoms with Crippen LogP contribution in [0.2, 0.25) is 0 Å². The van der Waals surface area contributed by atoms with Gasteiger partial charge < -0.3 is 9.29 Å². The highest BCUT2D eigenvalue weighted by atomic mass is 35.5. The lowest BCUT2D eigenvalue weighted by atomic mass is 10.9. The Morgan fingerprint density at radius 2 is 2.00 bits per heavy atom. The Hall–Kier alpha value is -0.330. The van der Waals surface area contributed by atoms with Crippen LogP contribution >= 0.6 is 12.4 Å². The smallest absolute Gasteiger partial charge is 0.313 e. The highest BCUT2D eigenvalue weighted by Gasteiger charge is 2.07. The standard InChI is InChI=1S/C3H6O5S.ClH/c4-1-2-9(6,7)8-3-5;/h3-4H,1-2H2;1H. The second-order valence-electron chi connectivity index (χ2n) is 1.18. The third-order valence-electron chi connectivity index (χ3n) is 0.527. The van der Waals surface area contributed by atoms with Crippen molar-refractivity contribution in [2.24, 2.45) is 0 Å². The van der Waals surface area contributed by atoms with Crippen LogP contribution in [0.25, 0.3) is 0 Å². The van der Waals surface area contributed by atoms with Crippen LogP contribution < -0.4 is 0 Å². The molecule has 10 heavy (non-hydrogen) atoms. The van der Waals surface area contributed by atoms with Gasteiger partial charge in [-0.3, -0.25) is 4.79 Å². The second-order valence-corrected chi connectivity index (χ2v) is 2.89. The third kappa shape index (κ3) is 5.80. The van der Waals surface area contributed by atoms with Gasteiger partial charge in [0.15, 0.2) is 0 Å². The minimum atomic E-state index is -3.80. The Kier molecular flexibility index (Phi) is 6.74. The summed E-state index contributed by atoms with van der Waals surface area (Å²) in [4.78, 5) is 9.41. The minimum absolute atomic E-state index is 0. The van der Waals surface area contributed by atoms with Crippen LogP contribution in [-0.4, -0.2) is 32.4 Å². The number of hydrogen-bond donors (Lipinski definition) is 1. The SMILES string of the molecule is Cl.O=COS(=O)(=O)CCO. The summed E-state index contributed by atoms with van der Waals surface area (Å²) < 4.78 is 24.0. The van der Waals surface area contributed by atoms with E-state index in [1.165, 1.54) is 0 Å². The van der Waals surface area contributed by atoms with Crippen molar-refractivity contribution in [3.63, 3.8) is 0 Å². The van der Waals surface area contributed by atoms with Crippen LogP contribution in [0.1, 0.15) is 0 Å². The predicted molar refractivity (Wildman–Crippen MR) is 35.3 cm³/mol. The van der Waals surface area contributed by atoms with E-state index in [0.29, 0.717) is 0 Å². The summed E-state index contributed by atoms with van der Waals surface area (Å²) in [5.74, 6) is -0.550. The molecule has 0 fully saturated rings. The largest absolute Gasteiger partial charge is 0.395 e. The Balaban J connectivity index is 0. The molecule has 7 heteroatoms. The molecule has 5 nitrogen and oxygen atoms in total. The van der Waals surface area contributed by atoms with Crippen molar-refractivity contribution in [3.05, 3.63) is 0 Å². The molecule has 0 aromatic rings. The van der Waals surface area contributed by atoms with E-state index in [1.54, 1.807) is 0 Å². The van der Waals surface area contributed by atoms with E-state index in [-0.39, 0.29) is 18.9 Å². The monoisotopic (exact) mass is 190 g/mol. The van der Waals surface area contributed by atoms with E-state index in [4.69, 9.17) is 5.11 Å². The molecule has 0 saturated carbocycles. The normalized spacial score (nSPS) is 9.70. The lowest BCUT2D eigenvalue weighted by Gasteiger charge is -1.94. The van der Waals surface area contributed by atoms with Crippen LogP contribution in [0.4, 0.5) is 0 Å². The number of aliphatic hydroxyl groups is 1. The summed E-state index contributed by atoms with van der Waals surface area (Å²) in [5, 5.41) is 8.05. The van der Waals surface area contributed by atoms with Crippen LogP contribution in [0.3, 0.4) is 0 Å². The summed E-state index contributed by atoms with van der Waals surface area (Å²) >= 11 is 0. The highest BCUT2D eigenvalue weighted by molar-refractivity contribution is 7.87. The Morgan fingerprint density at radius 3 is 2.30 bits per heavy atom. The molecule has 0 saturated heterocycles. The molecule has 0 atom stereocenters. The molecule has 0 aliphatic carbocycles. The van der Waals surface area contributed by atoms with E-state index < -0.39 is 22.5 Å². The lowest BCUT2D eigenvalue weighted by molar-refractivity contribution is -0.120. The van der Waals surface area contributed by atoms with Gasteiger partial charge in [-0.25, -0.2) is 0 Å². The number of carbonyl (C=O) groups excluding carboxylic acids is 1. The molecule has 0 aromatic carbocycles. The predicted octanol–water partition coefficient (Wildman–Crippen LogP) is -1.10. The lowest BCUT2D eigenvalue weighted by Crippen LogP contribution is -2.12. The Labute approximate surface area is 64.5 Å². The highest BCUT2D eigenvalue weighted by Crippen LogP contribution is 1.87. The minimum Gasteiger partial charge on any atom is -0.395 e. The molecule has 0 aliphatic rings. The molecule has 0 spiro atoms. The number of rotatable bonds is 4. The van der Waals surface area contributed by atoms with E-state index in [1.807, 2.05) is 0 Å². The molecule has 0 aliphatic heterocycles. The fourth-order valence-electron chi connectivity index (χ4n) is 0.220. The zero-order chi connectivity index (χ0) is 7.33. The zero-order valence-corrected chi connectivity index (χ0v) is 6.52. The van der Waals surface area contributed by atoms with Gasteiger partial charge in [-0.05, 0) is 0 Å². The zero-order valence-electron chi connectivity index (χ0n) is 4.89. The van der Waals surface area contributed by atoms with Gasteiger partial charge in [0, 0.05) is 0 Å². The number of halogens is 1. The van der Waals surface area contributed by atoms with E-state index >= 15 is 0 Å². The summed E-state index contributed by atoms with van der Waals surface area (Å²) in [6, 6.07) is 0. The van der Waals surface area contributed by atoms with Crippen molar-refractivity contribution >= 4 is 29.0 Å². The first-order valence-corrected chi connectivity index (χ1v) is 3.65.